The number of halogens is 2. The molecule has 1 heterocycles. The molecule has 0 saturated heterocycles. The molecule has 0 aliphatic rings. The van der Waals surface area contributed by atoms with Crippen LogP contribution in [0.5, 0.6) is 5.75 Å². The van der Waals surface area contributed by atoms with Crippen LogP contribution in [0.25, 0.3) is 0 Å². The van der Waals surface area contributed by atoms with Crippen molar-refractivity contribution >= 4 is 0 Å². The number of nitrogens with one attached hydrogen (secondary N) is 1. The van der Waals surface area contributed by atoms with Crippen LogP contribution in [0, 0.1) is 0 Å². The highest BCUT2D eigenvalue weighted by Crippen LogP contribution is 2.25. The third kappa shape index (κ3) is 2.85. The van der Waals surface area contributed by atoms with Crippen molar-refractivity contribution in [2.45, 2.75) is 12.7 Å². The number of rotatable bonds is 5. The van der Waals surface area contributed by atoms with E-state index in [4.69, 9.17) is 10.3 Å². The van der Waals surface area contributed by atoms with Crippen molar-refractivity contribution in [2.24, 2.45) is 5.84 Å². The molecule has 1 atom stereocenters. The van der Waals surface area contributed by atoms with Crippen LogP contribution in [0.1, 0.15) is 17.2 Å². The maximum absolute atomic E-state index is 12.1. The van der Waals surface area contributed by atoms with Gasteiger partial charge in [-0.05, 0) is 23.8 Å². The zero-order valence-corrected chi connectivity index (χ0v) is 9.35. The Morgan fingerprint density at radius 2 is 2.06 bits per heavy atom. The smallest absolute Gasteiger partial charge is 0.387 e. The van der Waals surface area contributed by atoms with E-state index < -0.39 is 6.61 Å². The summed E-state index contributed by atoms with van der Waals surface area (Å²) in [5.41, 5.74) is 4.10. The van der Waals surface area contributed by atoms with E-state index in [2.05, 4.69) is 10.2 Å². The molecule has 18 heavy (non-hydrogen) atoms. The molecule has 96 valence electrons. The van der Waals surface area contributed by atoms with Crippen LogP contribution in [-0.4, -0.2) is 6.61 Å². The molecular formula is C12H12F2N2O2. The average molecular weight is 254 g/mol. The number of furan rings is 1. The Kier molecular flexibility index (Phi) is 3.91. The lowest BCUT2D eigenvalue weighted by Crippen LogP contribution is -2.28. The molecule has 0 aliphatic carbocycles. The normalized spacial score (nSPS) is 12.7. The van der Waals surface area contributed by atoms with E-state index in [1.54, 1.807) is 18.2 Å². The summed E-state index contributed by atoms with van der Waals surface area (Å²) in [5.74, 6) is 5.56. The minimum absolute atomic E-state index is 0.0891. The van der Waals surface area contributed by atoms with Crippen LogP contribution in [0.4, 0.5) is 8.78 Å². The quantitative estimate of drug-likeness (QED) is 0.635. The van der Waals surface area contributed by atoms with Gasteiger partial charge in [-0.15, -0.1) is 0 Å². The molecule has 0 saturated carbocycles. The Morgan fingerprint density at radius 1 is 1.22 bits per heavy atom. The molecule has 0 fully saturated rings. The molecule has 0 bridgehead atoms. The molecule has 1 aromatic heterocycles. The number of hydrazine groups is 1. The Hall–Kier alpha value is -1.92. The van der Waals surface area contributed by atoms with Crippen molar-refractivity contribution in [1.82, 2.24) is 5.43 Å². The number of alkyl halides is 2. The average Bonchev–Trinajstić information content (AvgIpc) is 2.83. The van der Waals surface area contributed by atoms with Crippen LogP contribution < -0.4 is 16.0 Å². The molecule has 1 aromatic carbocycles. The van der Waals surface area contributed by atoms with E-state index in [0.717, 1.165) is 5.56 Å². The van der Waals surface area contributed by atoms with E-state index in [0.29, 0.717) is 5.56 Å². The van der Waals surface area contributed by atoms with Crippen LogP contribution in [0.3, 0.4) is 0 Å². The van der Waals surface area contributed by atoms with Gasteiger partial charge in [-0.3, -0.25) is 5.84 Å². The summed E-state index contributed by atoms with van der Waals surface area (Å²) in [6.45, 7) is -2.85. The highest BCUT2D eigenvalue weighted by molar-refractivity contribution is 5.35. The molecule has 1 unspecified atom stereocenters. The van der Waals surface area contributed by atoms with Crippen molar-refractivity contribution in [3.8, 4) is 5.75 Å². The van der Waals surface area contributed by atoms with E-state index in [1.165, 1.54) is 24.7 Å². The van der Waals surface area contributed by atoms with Gasteiger partial charge < -0.3 is 9.15 Å². The Morgan fingerprint density at radius 3 is 2.67 bits per heavy atom. The first kappa shape index (κ1) is 12.5. The SMILES string of the molecule is NNC(c1ccoc1)c1cccc(OC(F)F)c1. The second kappa shape index (κ2) is 5.61. The summed E-state index contributed by atoms with van der Waals surface area (Å²) < 4.78 is 33.6. The van der Waals surface area contributed by atoms with Crippen molar-refractivity contribution in [3.63, 3.8) is 0 Å². The lowest BCUT2D eigenvalue weighted by molar-refractivity contribution is -0.0498. The van der Waals surface area contributed by atoms with Crippen LogP contribution in [0.15, 0.2) is 47.3 Å². The van der Waals surface area contributed by atoms with Gasteiger partial charge in [-0.1, -0.05) is 12.1 Å². The van der Waals surface area contributed by atoms with Gasteiger partial charge in [0, 0.05) is 5.56 Å². The molecule has 2 aromatic rings. The third-order valence-corrected chi connectivity index (χ3v) is 2.46. The number of benzene rings is 1. The standard InChI is InChI=1S/C12H12F2N2O2/c13-12(14)18-10-3-1-2-8(6-10)11(16-15)9-4-5-17-7-9/h1-7,11-12,16H,15H2. The summed E-state index contributed by atoms with van der Waals surface area (Å²) in [4.78, 5) is 0. The molecule has 0 spiro atoms. The minimum Gasteiger partial charge on any atom is -0.472 e. The maximum Gasteiger partial charge on any atom is 0.387 e. The monoisotopic (exact) mass is 254 g/mol. The Labute approximate surface area is 102 Å². The summed E-state index contributed by atoms with van der Waals surface area (Å²) in [7, 11) is 0. The number of nitrogens with two attached hydrogens (primary N) is 1. The van der Waals surface area contributed by atoms with Gasteiger partial charge in [-0.25, -0.2) is 5.43 Å². The van der Waals surface area contributed by atoms with Gasteiger partial charge in [0.25, 0.3) is 0 Å². The third-order valence-electron chi connectivity index (χ3n) is 2.46. The number of hydrogen-bond acceptors (Lipinski definition) is 4. The second-order valence-electron chi connectivity index (χ2n) is 3.61. The van der Waals surface area contributed by atoms with Gasteiger partial charge in [0.15, 0.2) is 0 Å². The zero-order valence-electron chi connectivity index (χ0n) is 9.35. The van der Waals surface area contributed by atoms with Crippen molar-refractivity contribution < 1.29 is 17.9 Å². The first-order valence-corrected chi connectivity index (χ1v) is 5.23. The topological polar surface area (TPSA) is 60.4 Å². The van der Waals surface area contributed by atoms with Crippen molar-refractivity contribution in [3.05, 3.63) is 54.0 Å². The molecule has 0 aliphatic heterocycles. The molecule has 6 heteroatoms. The lowest BCUT2D eigenvalue weighted by Gasteiger charge is -2.15. The predicted octanol–water partition coefficient (Wildman–Crippen LogP) is 2.43. The largest absolute Gasteiger partial charge is 0.472 e. The second-order valence-corrected chi connectivity index (χ2v) is 3.61. The molecule has 3 N–H and O–H groups in total. The lowest BCUT2D eigenvalue weighted by atomic mass is 10.0. The predicted molar refractivity (Wildman–Crippen MR) is 60.9 cm³/mol. The number of hydrogen-bond donors (Lipinski definition) is 2. The van der Waals surface area contributed by atoms with Gasteiger partial charge in [0.2, 0.25) is 0 Å². The zero-order chi connectivity index (χ0) is 13.0. The highest BCUT2D eigenvalue weighted by Gasteiger charge is 2.15. The van der Waals surface area contributed by atoms with Gasteiger partial charge in [0.05, 0.1) is 18.6 Å². The minimum atomic E-state index is -2.85. The molecule has 4 nitrogen and oxygen atoms in total. The van der Waals surface area contributed by atoms with E-state index in [-0.39, 0.29) is 11.8 Å². The number of ether oxygens (including phenoxy) is 1. The van der Waals surface area contributed by atoms with Gasteiger partial charge >= 0.3 is 6.61 Å². The fraction of sp³-hybridized carbons (Fsp3) is 0.167. The first-order valence-electron chi connectivity index (χ1n) is 5.23. The summed E-state index contributed by atoms with van der Waals surface area (Å²) >= 11 is 0. The molecule has 0 amide bonds. The van der Waals surface area contributed by atoms with Crippen LogP contribution >= 0.6 is 0 Å². The fourth-order valence-electron chi connectivity index (χ4n) is 1.69. The Bertz CT molecular complexity index is 489. The molecule has 2 rings (SSSR count). The van der Waals surface area contributed by atoms with E-state index in [9.17, 15) is 8.78 Å². The fourth-order valence-corrected chi connectivity index (χ4v) is 1.69. The van der Waals surface area contributed by atoms with E-state index >= 15 is 0 Å². The van der Waals surface area contributed by atoms with Crippen LogP contribution in [-0.2, 0) is 0 Å². The maximum atomic E-state index is 12.1. The first-order chi connectivity index (χ1) is 8.70. The van der Waals surface area contributed by atoms with Gasteiger partial charge in [-0.2, -0.15) is 8.78 Å². The van der Waals surface area contributed by atoms with Crippen molar-refractivity contribution in [2.75, 3.05) is 0 Å². The summed E-state index contributed by atoms with van der Waals surface area (Å²) in [6, 6.07) is 7.74. The summed E-state index contributed by atoms with van der Waals surface area (Å²) in [6.07, 6.45) is 3.05. The van der Waals surface area contributed by atoms with Crippen molar-refractivity contribution in [1.29, 1.82) is 0 Å². The molecular weight excluding hydrogens is 242 g/mol. The highest BCUT2D eigenvalue weighted by atomic mass is 19.3. The Balaban J connectivity index is 2.26. The molecule has 0 radical (unpaired) electrons. The van der Waals surface area contributed by atoms with Gasteiger partial charge in [0.1, 0.15) is 5.75 Å². The summed E-state index contributed by atoms with van der Waals surface area (Å²) in [5, 5.41) is 0. The van der Waals surface area contributed by atoms with Crippen LogP contribution in [0.2, 0.25) is 0 Å². The van der Waals surface area contributed by atoms with E-state index in [1.807, 2.05) is 0 Å².